The summed E-state index contributed by atoms with van der Waals surface area (Å²) in [5.41, 5.74) is 0. The molecular weight excluding hydrogens is 851 g/mol. The van der Waals surface area contributed by atoms with E-state index in [0.717, 1.165) is 77.0 Å². The molecule has 0 heterocycles. The van der Waals surface area contributed by atoms with Gasteiger partial charge in [-0.3, -0.25) is 9.59 Å². The summed E-state index contributed by atoms with van der Waals surface area (Å²) in [6, 6.07) is -0.561. The number of ether oxygens (including phenoxy) is 1. The van der Waals surface area contributed by atoms with E-state index < -0.39 is 12.1 Å². The number of amides is 1. The van der Waals surface area contributed by atoms with Gasteiger partial charge in [0.25, 0.3) is 0 Å². The van der Waals surface area contributed by atoms with Crippen molar-refractivity contribution in [3.05, 3.63) is 24.3 Å². The second-order valence-corrected chi connectivity index (χ2v) is 21.4. The van der Waals surface area contributed by atoms with Crippen LogP contribution in [0, 0.1) is 0 Å². The summed E-state index contributed by atoms with van der Waals surface area (Å²) < 4.78 is 5.47. The molecule has 0 saturated heterocycles. The smallest absolute Gasteiger partial charge is 0.305 e. The monoisotopic (exact) mass is 972 g/mol. The van der Waals surface area contributed by atoms with Crippen molar-refractivity contribution in [3.8, 4) is 0 Å². The predicted octanol–water partition coefficient (Wildman–Crippen LogP) is 19.4. The standard InChI is InChI=1S/C63H121NO5/c1-3-5-7-9-11-13-15-17-19-21-23-24-26-27-29-31-35-39-43-47-51-55-61(66)60(59-65)64-62(67)56-52-48-44-40-36-33-34-38-42-46-50-54-58-69-63(68)57-53-49-45-41-37-32-30-28-25-22-20-18-16-14-12-10-8-6-4-2/h18,20,34,38,60-61,65-66H,3-17,19,21-33,35-37,39-59H2,1-2H3,(H,64,67)/b20-18-,38-34-. The predicted molar refractivity (Wildman–Crippen MR) is 301 cm³/mol. The van der Waals surface area contributed by atoms with Crippen molar-refractivity contribution in [2.75, 3.05) is 13.2 Å². The van der Waals surface area contributed by atoms with Crippen LogP contribution in [0.25, 0.3) is 0 Å². The number of esters is 1. The summed E-state index contributed by atoms with van der Waals surface area (Å²) in [6.07, 6.45) is 71.8. The molecule has 6 heteroatoms. The Balaban J connectivity index is 3.47. The van der Waals surface area contributed by atoms with Gasteiger partial charge in [0, 0.05) is 12.8 Å². The average molecular weight is 973 g/mol. The minimum Gasteiger partial charge on any atom is -0.466 e. The van der Waals surface area contributed by atoms with Crippen LogP contribution in [0.15, 0.2) is 24.3 Å². The third kappa shape index (κ3) is 55.5. The van der Waals surface area contributed by atoms with E-state index >= 15 is 0 Å². The van der Waals surface area contributed by atoms with E-state index in [0.29, 0.717) is 25.9 Å². The summed E-state index contributed by atoms with van der Waals surface area (Å²) >= 11 is 0. The maximum absolute atomic E-state index is 12.5. The lowest BCUT2D eigenvalue weighted by molar-refractivity contribution is -0.143. The third-order valence-corrected chi connectivity index (χ3v) is 14.5. The topological polar surface area (TPSA) is 95.9 Å². The molecule has 6 nitrogen and oxygen atoms in total. The Labute approximate surface area is 431 Å². The van der Waals surface area contributed by atoms with Gasteiger partial charge in [0.05, 0.1) is 25.4 Å². The lowest BCUT2D eigenvalue weighted by atomic mass is 10.0. The minimum atomic E-state index is -0.682. The van der Waals surface area contributed by atoms with E-state index in [1.807, 2.05) is 0 Å². The fourth-order valence-electron chi connectivity index (χ4n) is 9.69. The molecule has 0 fully saturated rings. The molecular formula is C63H121NO5. The molecule has 0 bridgehead atoms. The number of carbonyl (C=O) groups excluding carboxylic acids is 2. The van der Waals surface area contributed by atoms with E-state index in [1.165, 1.54) is 231 Å². The molecule has 408 valence electrons. The van der Waals surface area contributed by atoms with Gasteiger partial charge in [-0.2, -0.15) is 0 Å². The fraction of sp³-hybridized carbons (Fsp3) is 0.905. The molecule has 0 saturated carbocycles. The van der Waals surface area contributed by atoms with Crippen molar-refractivity contribution in [3.63, 3.8) is 0 Å². The zero-order valence-electron chi connectivity index (χ0n) is 46.6. The molecule has 2 unspecified atom stereocenters. The summed E-state index contributed by atoms with van der Waals surface area (Å²) in [4.78, 5) is 24.6. The molecule has 0 aliphatic rings. The molecule has 0 spiro atoms. The van der Waals surface area contributed by atoms with Crippen LogP contribution in [0.4, 0.5) is 0 Å². The first-order chi connectivity index (χ1) is 34.0. The van der Waals surface area contributed by atoms with E-state index in [9.17, 15) is 19.8 Å². The highest BCUT2D eigenvalue weighted by molar-refractivity contribution is 5.76. The number of carbonyl (C=O) groups is 2. The number of allylic oxidation sites excluding steroid dienone is 4. The van der Waals surface area contributed by atoms with E-state index in [4.69, 9.17) is 4.74 Å². The Kier molecular flexibility index (Phi) is 57.5. The van der Waals surface area contributed by atoms with E-state index in [1.54, 1.807) is 0 Å². The summed E-state index contributed by atoms with van der Waals surface area (Å²) in [5.74, 6) is -0.0798. The van der Waals surface area contributed by atoms with Crippen molar-refractivity contribution in [2.45, 2.75) is 353 Å². The first-order valence-electron chi connectivity index (χ1n) is 31.1. The molecule has 0 aromatic rings. The minimum absolute atomic E-state index is 0.0222. The first kappa shape index (κ1) is 67.3. The largest absolute Gasteiger partial charge is 0.466 e. The maximum atomic E-state index is 12.5. The number of unbranched alkanes of at least 4 members (excludes halogenated alkanes) is 43. The van der Waals surface area contributed by atoms with Gasteiger partial charge in [-0.05, 0) is 83.5 Å². The molecule has 3 N–H and O–H groups in total. The number of aliphatic hydroxyl groups excluding tert-OH is 2. The third-order valence-electron chi connectivity index (χ3n) is 14.5. The lowest BCUT2D eigenvalue weighted by Gasteiger charge is -2.22. The fourth-order valence-corrected chi connectivity index (χ4v) is 9.69. The second kappa shape index (κ2) is 58.9. The van der Waals surface area contributed by atoms with Crippen LogP contribution in [0.3, 0.4) is 0 Å². The first-order valence-corrected chi connectivity index (χ1v) is 31.1. The van der Waals surface area contributed by atoms with Crippen LogP contribution in [0.1, 0.15) is 341 Å². The molecule has 0 radical (unpaired) electrons. The highest BCUT2D eigenvalue weighted by Crippen LogP contribution is 2.18. The molecule has 0 rings (SSSR count). The van der Waals surface area contributed by atoms with Crippen molar-refractivity contribution >= 4 is 11.9 Å². The normalized spacial score (nSPS) is 12.7. The van der Waals surface area contributed by atoms with Crippen molar-refractivity contribution in [1.29, 1.82) is 0 Å². The average Bonchev–Trinajstić information content (AvgIpc) is 3.35. The summed E-state index contributed by atoms with van der Waals surface area (Å²) in [5, 5.41) is 23.3. The highest BCUT2D eigenvalue weighted by Gasteiger charge is 2.20. The maximum Gasteiger partial charge on any atom is 0.305 e. The molecule has 0 aromatic carbocycles. The van der Waals surface area contributed by atoms with Gasteiger partial charge >= 0.3 is 5.97 Å². The highest BCUT2D eigenvalue weighted by atomic mass is 16.5. The number of hydrogen-bond acceptors (Lipinski definition) is 5. The SMILES string of the molecule is CCCCCCCC/C=C\CCCCCCCCCCCC(=O)OCCCCC/C=C\CCCCCCCC(=O)NC(CO)C(O)CCCCCCCCCCCCCCCCCCCCCCC. The van der Waals surface area contributed by atoms with Crippen molar-refractivity contribution < 1.29 is 24.5 Å². The number of rotatable bonds is 58. The molecule has 0 aromatic heterocycles. The van der Waals surface area contributed by atoms with Gasteiger partial charge in [-0.25, -0.2) is 0 Å². The van der Waals surface area contributed by atoms with Crippen LogP contribution in [0.2, 0.25) is 0 Å². The Morgan fingerprint density at radius 1 is 0.391 bits per heavy atom. The molecule has 69 heavy (non-hydrogen) atoms. The Morgan fingerprint density at radius 3 is 1.03 bits per heavy atom. The van der Waals surface area contributed by atoms with E-state index in [-0.39, 0.29) is 18.5 Å². The molecule has 2 atom stereocenters. The summed E-state index contributed by atoms with van der Waals surface area (Å²) in [6.45, 7) is 4.92. The van der Waals surface area contributed by atoms with Crippen LogP contribution < -0.4 is 5.32 Å². The van der Waals surface area contributed by atoms with Gasteiger partial charge in [0.15, 0.2) is 0 Å². The van der Waals surface area contributed by atoms with Gasteiger partial charge < -0.3 is 20.3 Å². The Hall–Kier alpha value is -1.66. The van der Waals surface area contributed by atoms with Gasteiger partial charge in [0.1, 0.15) is 0 Å². The van der Waals surface area contributed by atoms with Gasteiger partial charge in [-0.15, -0.1) is 0 Å². The Morgan fingerprint density at radius 2 is 0.681 bits per heavy atom. The van der Waals surface area contributed by atoms with Crippen LogP contribution in [-0.4, -0.2) is 47.4 Å². The van der Waals surface area contributed by atoms with Crippen molar-refractivity contribution in [1.82, 2.24) is 5.32 Å². The van der Waals surface area contributed by atoms with Crippen LogP contribution in [0.5, 0.6) is 0 Å². The zero-order chi connectivity index (χ0) is 50.0. The van der Waals surface area contributed by atoms with Gasteiger partial charge in [-0.1, -0.05) is 269 Å². The van der Waals surface area contributed by atoms with Gasteiger partial charge in [0.2, 0.25) is 5.91 Å². The quantitative estimate of drug-likeness (QED) is 0.0321. The van der Waals surface area contributed by atoms with E-state index in [2.05, 4.69) is 43.5 Å². The molecule has 0 aliphatic heterocycles. The summed E-state index contributed by atoms with van der Waals surface area (Å²) in [7, 11) is 0. The lowest BCUT2D eigenvalue weighted by Crippen LogP contribution is -2.45. The molecule has 1 amide bonds. The second-order valence-electron chi connectivity index (χ2n) is 21.4. The van der Waals surface area contributed by atoms with Crippen LogP contribution in [-0.2, 0) is 14.3 Å². The number of aliphatic hydroxyl groups is 2. The number of hydrogen-bond donors (Lipinski definition) is 3. The number of nitrogens with one attached hydrogen (secondary N) is 1. The zero-order valence-corrected chi connectivity index (χ0v) is 46.6. The Bertz CT molecular complexity index is 1080. The van der Waals surface area contributed by atoms with Crippen LogP contribution >= 0.6 is 0 Å². The molecule has 0 aliphatic carbocycles. The van der Waals surface area contributed by atoms with Crippen molar-refractivity contribution in [2.24, 2.45) is 0 Å².